The number of methoxy groups -OCH3 is 2. The molecule has 2 unspecified atom stereocenters. The van der Waals surface area contributed by atoms with Crippen LogP contribution in [0.2, 0.25) is 0 Å². The number of hydrogen-bond donors (Lipinski definition) is 3. The first-order valence-electron chi connectivity index (χ1n) is 27.0. The van der Waals surface area contributed by atoms with Crippen LogP contribution in [0, 0.1) is 40.2 Å². The third-order valence-electron chi connectivity index (χ3n) is 15.5. The van der Waals surface area contributed by atoms with Crippen LogP contribution in [0.1, 0.15) is 82.7 Å². The molecule has 86 heavy (non-hydrogen) atoms. The van der Waals surface area contributed by atoms with Gasteiger partial charge in [0.1, 0.15) is 29.8 Å². The van der Waals surface area contributed by atoms with Crippen LogP contribution in [0.3, 0.4) is 0 Å². The van der Waals surface area contributed by atoms with Crippen molar-refractivity contribution in [1.82, 2.24) is 45.7 Å². The lowest BCUT2D eigenvalue weighted by Crippen LogP contribution is -2.62. The van der Waals surface area contributed by atoms with Gasteiger partial charge in [0.15, 0.2) is 5.78 Å². The molecule has 6 atom stereocenters. The van der Waals surface area contributed by atoms with E-state index in [-0.39, 0.29) is 28.1 Å². The third kappa shape index (κ3) is 15.6. The number of nitrogens with one attached hydrogen (secondary N) is 3. The summed E-state index contributed by atoms with van der Waals surface area (Å²) in [5, 5.41) is 7.85. The van der Waals surface area contributed by atoms with Gasteiger partial charge in [0.25, 0.3) is 5.91 Å². The molecular weight excluding hydrogens is 1160 g/mol. The van der Waals surface area contributed by atoms with Crippen LogP contribution in [-0.4, -0.2) is 162 Å². The number of anilines is 1. The Balaban J connectivity index is 1.26. The van der Waals surface area contributed by atoms with Crippen molar-refractivity contribution in [3.8, 4) is 23.1 Å². The molecule has 468 valence electrons. The molecule has 0 aliphatic carbocycles. The van der Waals surface area contributed by atoms with Crippen molar-refractivity contribution in [1.29, 1.82) is 0 Å². The van der Waals surface area contributed by atoms with E-state index in [9.17, 15) is 59.1 Å². The van der Waals surface area contributed by atoms with Gasteiger partial charge < -0.3 is 39.2 Å². The van der Waals surface area contributed by atoms with Gasteiger partial charge in [0.05, 0.1) is 68.7 Å². The lowest BCUT2D eigenvalue weighted by Gasteiger charge is -2.47. The molecule has 7 rings (SSSR count). The Kier molecular flexibility index (Phi) is 20.9. The molecule has 4 aromatic rings. The van der Waals surface area contributed by atoms with Crippen LogP contribution in [0.25, 0.3) is 11.3 Å². The van der Waals surface area contributed by atoms with Gasteiger partial charge in [-0.1, -0.05) is 24.0 Å². The minimum absolute atomic E-state index is 0.191. The zero-order valence-corrected chi connectivity index (χ0v) is 47.7. The van der Waals surface area contributed by atoms with Crippen LogP contribution < -0.4 is 21.0 Å². The summed E-state index contributed by atoms with van der Waals surface area (Å²) >= 11 is 0. The molecule has 20 nitrogen and oxygen atoms in total. The summed E-state index contributed by atoms with van der Waals surface area (Å²) in [5.41, 5.74) is -4.64. The number of fused-ring (bicyclic) bond motifs is 2. The number of alkyl carbamates (subject to hydrolysis) is 2. The molecule has 3 aliphatic heterocycles. The van der Waals surface area contributed by atoms with E-state index in [0.29, 0.717) is 80.0 Å². The summed E-state index contributed by atoms with van der Waals surface area (Å²) < 4.78 is 173. The predicted octanol–water partition coefficient (Wildman–Crippen LogP) is 8.28. The maximum Gasteiger partial charge on any atom is 0.508 e. The van der Waals surface area contributed by atoms with Gasteiger partial charge >= 0.3 is 37.2 Å². The second-order valence-corrected chi connectivity index (χ2v) is 21.9. The van der Waals surface area contributed by atoms with Crippen molar-refractivity contribution >= 4 is 36.0 Å². The highest BCUT2D eigenvalue weighted by Gasteiger charge is 2.57. The zero-order valence-electron chi connectivity index (χ0n) is 47.7. The second-order valence-electron chi connectivity index (χ2n) is 21.9. The minimum Gasteiger partial charge on any atom is -0.453 e. The maximum atomic E-state index is 16.3. The van der Waals surface area contributed by atoms with Gasteiger partial charge in [0, 0.05) is 79.3 Å². The summed E-state index contributed by atoms with van der Waals surface area (Å²) in [5.74, 6) is -1.03. The van der Waals surface area contributed by atoms with Gasteiger partial charge in [-0.2, -0.15) is 40.2 Å². The number of carbonyl (C=O) groups excluding carboxylic acids is 5. The van der Waals surface area contributed by atoms with Gasteiger partial charge in [-0.15, -0.1) is 0 Å². The lowest BCUT2D eigenvalue weighted by molar-refractivity contribution is -0.221. The van der Waals surface area contributed by atoms with Crippen LogP contribution in [-0.2, 0) is 46.2 Å². The van der Waals surface area contributed by atoms with E-state index < -0.39 is 127 Å². The van der Waals surface area contributed by atoms with Crippen LogP contribution in [0.5, 0.6) is 0 Å². The number of benzene rings is 2. The standard InChI is InChI=1S/C56H64F10N10O10/c1-8-85-52(81)86-44(28-74(72-47(78)46(70-51(80)83-7)54(4,5)56(64,65)66)27-39-40(57)20-34(21-41(39)58)42-17-18-75(71-42)48(59)60)35(22-43(77)45(69-50(79)82-6)53(2,3)55(61,62)63)19-32-12-9-31(10-13-32)11-14-33-23-67-49(68-24-33)73-25-36-15-16-37(26-73)76(36)38-29-84-30-38/h9-10,12-13,17-18,20-21,23-24,35-38,44-46,48H,8,15-16,19,22,25-30H2,1-7H3,(H,69,79)(H,70,80)(H,72,78)/t35-,36?,37?,44+,45-,46-/m1/s1. The molecule has 0 radical (unpaired) electrons. The van der Waals surface area contributed by atoms with Crippen LogP contribution in [0.15, 0.2) is 61.1 Å². The van der Waals surface area contributed by atoms with E-state index in [1.807, 2.05) is 5.32 Å². The van der Waals surface area contributed by atoms with Gasteiger partial charge in [-0.25, -0.2) is 42.8 Å². The van der Waals surface area contributed by atoms with Crippen molar-refractivity contribution in [2.24, 2.45) is 16.7 Å². The smallest absolute Gasteiger partial charge is 0.453 e. The second kappa shape index (κ2) is 27.3. The summed E-state index contributed by atoms with van der Waals surface area (Å²) in [4.78, 5) is 81.3. The molecule has 2 aromatic carbocycles. The van der Waals surface area contributed by atoms with Gasteiger partial charge in [-0.05, 0) is 89.8 Å². The highest BCUT2D eigenvalue weighted by molar-refractivity contribution is 5.89. The van der Waals surface area contributed by atoms with E-state index in [2.05, 4.69) is 51.6 Å². The SMILES string of the molecule is CCOC(=O)O[C@@H](CN(Cc1c(F)cc(-c2ccn(C(F)F)n2)cc1F)NC(=O)[C@@H](NC(=O)OC)C(C)(C)C(F)(F)F)[C@@H](CC(=O)[C@@H](NC(=O)OC)C(C)(C)C(F)(F)F)Cc1ccc(C#Cc2cnc(N3CC4CCC(C3)N4C3COC3)nc2)cc1. The van der Waals surface area contributed by atoms with E-state index >= 15 is 8.78 Å². The fraction of sp³-hybridized carbons (Fsp3) is 0.536. The predicted molar refractivity (Wildman–Crippen MR) is 284 cm³/mol. The molecule has 3 N–H and O–H groups in total. The number of rotatable bonds is 22. The monoisotopic (exact) mass is 1230 g/mol. The number of hydrogen-bond acceptors (Lipinski definition) is 16. The number of aromatic nitrogens is 4. The largest absolute Gasteiger partial charge is 0.508 e. The molecule has 5 heterocycles. The Hall–Kier alpha value is -7.78. The minimum atomic E-state index is -5.27. The number of ketones is 1. The average Bonchev–Trinajstić information content (AvgIpc) is 1.84. The Bertz CT molecular complexity index is 3080. The van der Waals surface area contributed by atoms with Gasteiger partial charge in [0.2, 0.25) is 5.95 Å². The number of piperazine rings is 1. The number of halogens is 10. The summed E-state index contributed by atoms with van der Waals surface area (Å²) in [7, 11) is 1.60. The van der Waals surface area contributed by atoms with E-state index in [1.165, 1.54) is 31.2 Å². The average molecular weight is 1230 g/mol. The highest BCUT2D eigenvalue weighted by Crippen LogP contribution is 2.43. The number of nitrogens with zero attached hydrogens (tertiary/aromatic N) is 7. The molecule has 3 amide bonds. The molecule has 3 fully saturated rings. The van der Waals surface area contributed by atoms with Crippen molar-refractivity contribution < 1.29 is 91.6 Å². The summed E-state index contributed by atoms with van der Waals surface area (Å²) in [6.45, 7) is 0.791. The molecular formula is C56H64F10N10O10. The quantitative estimate of drug-likeness (QED) is 0.0222. The van der Waals surface area contributed by atoms with Crippen LogP contribution in [0.4, 0.5) is 64.2 Å². The number of amides is 3. The molecule has 2 bridgehead atoms. The molecule has 30 heteroatoms. The van der Waals surface area contributed by atoms with Crippen LogP contribution >= 0.6 is 0 Å². The van der Waals surface area contributed by atoms with Crippen molar-refractivity contribution in [2.45, 2.75) is 122 Å². The van der Waals surface area contributed by atoms with Crippen molar-refractivity contribution in [3.05, 3.63) is 94.9 Å². The number of hydrazine groups is 1. The van der Waals surface area contributed by atoms with Crippen molar-refractivity contribution in [2.75, 3.05) is 58.6 Å². The summed E-state index contributed by atoms with van der Waals surface area (Å²) in [6, 6.07) is 4.49. The third-order valence-corrected chi connectivity index (χ3v) is 15.5. The first kappa shape index (κ1) is 65.8. The lowest BCUT2D eigenvalue weighted by atomic mass is 9.77. The fourth-order valence-corrected chi connectivity index (χ4v) is 10.3. The van der Waals surface area contributed by atoms with E-state index in [4.69, 9.17) is 14.2 Å². The zero-order chi connectivity index (χ0) is 63.1. The maximum absolute atomic E-state index is 16.3. The molecule has 2 aromatic heterocycles. The normalized spacial score (nSPS) is 18.0. The van der Waals surface area contributed by atoms with Crippen molar-refractivity contribution in [3.63, 3.8) is 0 Å². The first-order chi connectivity index (χ1) is 40.4. The molecule has 3 saturated heterocycles. The fourth-order valence-electron chi connectivity index (χ4n) is 10.3. The number of carbonyl (C=O) groups is 5. The molecule has 3 aliphatic rings. The molecule has 0 saturated carbocycles. The van der Waals surface area contributed by atoms with E-state index in [1.54, 1.807) is 17.7 Å². The Morgan fingerprint density at radius 3 is 1.86 bits per heavy atom. The number of ether oxygens (including phenoxy) is 5. The Morgan fingerprint density at radius 1 is 0.791 bits per heavy atom. The Morgan fingerprint density at radius 2 is 1.35 bits per heavy atom. The molecule has 0 spiro atoms. The topological polar surface area (TPSA) is 221 Å². The van der Waals surface area contributed by atoms with E-state index in [0.717, 1.165) is 65.6 Å². The number of alkyl halides is 8. The van der Waals surface area contributed by atoms with Gasteiger partial charge in [-0.3, -0.25) is 19.9 Å². The first-order valence-corrected chi connectivity index (χ1v) is 27.0. The summed E-state index contributed by atoms with van der Waals surface area (Å²) in [6.07, 6.45) is -12.3. The highest BCUT2D eigenvalue weighted by atomic mass is 19.4. The number of Topliss-reactive ketones (excluding diaryl/α,β-unsaturated/α-hetero) is 1. The Labute approximate surface area is 487 Å².